The monoisotopic (exact) mass is 177 g/mol. The van der Waals surface area contributed by atoms with Crippen molar-refractivity contribution in [2.75, 3.05) is 0 Å². The average Bonchev–Trinajstić information content (AvgIpc) is 2.44. The summed E-state index contributed by atoms with van der Waals surface area (Å²) in [6, 6.07) is 4.26. The van der Waals surface area contributed by atoms with Gasteiger partial charge in [0.15, 0.2) is 0 Å². The molecule has 13 heavy (non-hydrogen) atoms. The van der Waals surface area contributed by atoms with Crippen molar-refractivity contribution in [3.05, 3.63) is 47.9 Å². The summed E-state index contributed by atoms with van der Waals surface area (Å²) in [6.07, 6.45) is 1.46. The van der Waals surface area contributed by atoms with Crippen molar-refractivity contribution in [1.82, 2.24) is 4.90 Å². The number of carbonyl (C=O) groups excluding carboxylic acids is 1. The second-order valence-corrected chi connectivity index (χ2v) is 2.92. The Kier molecular flexibility index (Phi) is 1.65. The molecule has 1 heterocycles. The summed E-state index contributed by atoms with van der Waals surface area (Å²) in [5, 5.41) is 0. The van der Waals surface area contributed by atoms with Crippen LogP contribution in [-0.4, -0.2) is 10.8 Å². The Morgan fingerprint density at radius 1 is 1.54 bits per heavy atom. The number of rotatable bonds is 1. The lowest BCUT2D eigenvalue weighted by Gasteiger charge is -2.06. The Balaban J connectivity index is 2.50. The SMILES string of the molecule is C=CN1Cc2ccc(F)cc2C1=O. The number of benzene rings is 1. The van der Waals surface area contributed by atoms with E-state index in [4.69, 9.17) is 0 Å². The zero-order valence-corrected chi connectivity index (χ0v) is 6.96. The fourth-order valence-corrected chi connectivity index (χ4v) is 1.44. The van der Waals surface area contributed by atoms with Gasteiger partial charge in [-0.05, 0) is 17.7 Å². The molecule has 0 spiro atoms. The molecule has 0 atom stereocenters. The molecule has 0 saturated carbocycles. The van der Waals surface area contributed by atoms with Gasteiger partial charge in [0, 0.05) is 11.8 Å². The molecule has 66 valence electrons. The summed E-state index contributed by atoms with van der Waals surface area (Å²) >= 11 is 0. The van der Waals surface area contributed by atoms with E-state index in [9.17, 15) is 9.18 Å². The van der Waals surface area contributed by atoms with Crippen molar-refractivity contribution < 1.29 is 9.18 Å². The average molecular weight is 177 g/mol. The van der Waals surface area contributed by atoms with Crippen LogP contribution in [-0.2, 0) is 6.54 Å². The minimum atomic E-state index is -0.377. The number of fused-ring (bicyclic) bond motifs is 1. The normalized spacial score (nSPS) is 14.5. The van der Waals surface area contributed by atoms with Crippen molar-refractivity contribution in [2.45, 2.75) is 6.54 Å². The van der Waals surface area contributed by atoms with Gasteiger partial charge in [0.05, 0.1) is 6.54 Å². The van der Waals surface area contributed by atoms with Crippen molar-refractivity contribution >= 4 is 5.91 Å². The van der Waals surface area contributed by atoms with E-state index in [1.807, 2.05) is 0 Å². The van der Waals surface area contributed by atoms with E-state index in [2.05, 4.69) is 6.58 Å². The Morgan fingerprint density at radius 2 is 2.31 bits per heavy atom. The molecule has 0 N–H and O–H groups in total. The molecule has 0 unspecified atom stereocenters. The first kappa shape index (κ1) is 7.98. The van der Waals surface area contributed by atoms with Gasteiger partial charge in [-0.1, -0.05) is 12.6 Å². The first-order valence-electron chi connectivity index (χ1n) is 3.94. The van der Waals surface area contributed by atoms with Crippen LogP contribution in [0.1, 0.15) is 15.9 Å². The molecule has 3 heteroatoms. The van der Waals surface area contributed by atoms with Gasteiger partial charge in [-0.3, -0.25) is 4.79 Å². The third kappa shape index (κ3) is 1.13. The van der Waals surface area contributed by atoms with Gasteiger partial charge in [-0.2, -0.15) is 0 Å². The van der Waals surface area contributed by atoms with Gasteiger partial charge in [0.2, 0.25) is 0 Å². The third-order valence-corrected chi connectivity index (χ3v) is 2.12. The van der Waals surface area contributed by atoms with Crippen LogP contribution in [0.15, 0.2) is 31.0 Å². The summed E-state index contributed by atoms with van der Waals surface area (Å²) in [6.45, 7) is 4.01. The Hall–Kier alpha value is -1.64. The fraction of sp³-hybridized carbons (Fsp3) is 0.100. The molecule has 0 fully saturated rings. The predicted molar refractivity (Wildman–Crippen MR) is 46.5 cm³/mol. The number of hydrogen-bond acceptors (Lipinski definition) is 1. The summed E-state index contributed by atoms with van der Waals surface area (Å²) in [7, 11) is 0. The predicted octanol–water partition coefficient (Wildman–Crippen LogP) is 1.93. The van der Waals surface area contributed by atoms with Gasteiger partial charge in [0.1, 0.15) is 5.82 Å². The van der Waals surface area contributed by atoms with Gasteiger partial charge in [-0.25, -0.2) is 4.39 Å². The Morgan fingerprint density at radius 3 is 3.00 bits per heavy atom. The molecular formula is C10H8FNO. The molecule has 1 aromatic carbocycles. The van der Waals surface area contributed by atoms with E-state index in [0.717, 1.165) is 5.56 Å². The van der Waals surface area contributed by atoms with Crippen LogP contribution in [0.2, 0.25) is 0 Å². The van der Waals surface area contributed by atoms with Gasteiger partial charge in [-0.15, -0.1) is 0 Å². The summed E-state index contributed by atoms with van der Waals surface area (Å²) in [4.78, 5) is 12.9. The molecule has 0 bridgehead atoms. The maximum Gasteiger partial charge on any atom is 0.258 e. The Labute approximate surface area is 75.3 Å². The lowest BCUT2D eigenvalue weighted by Crippen LogP contribution is -2.16. The van der Waals surface area contributed by atoms with Gasteiger partial charge >= 0.3 is 0 Å². The molecule has 2 rings (SSSR count). The first-order valence-corrected chi connectivity index (χ1v) is 3.94. The summed E-state index contributed by atoms with van der Waals surface area (Å²) in [5.74, 6) is -0.553. The molecule has 0 aliphatic carbocycles. The number of nitrogens with zero attached hydrogens (tertiary/aromatic N) is 1. The van der Waals surface area contributed by atoms with E-state index in [-0.39, 0.29) is 11.7 Å². The van der Waals surface area contributed by atoms with Gasteiger partial charge in [0.25, 0.3) is 5.91 Å². The maximum absolute atomic E-state index is 12.8. The number of halogens is 1. The summed E-state index contributed by atoms with van der Waals surface area (Å²) in [5.41, 5.74) is 1.30. The van der Waals surface area contributed by atoms with Crippen LogP contribution < -0.4 is 0 Å². The molecule has 0 aromatic heterocycles. The number of amides is 1. The quantitative estimate of drug-likeness (QED) is 0.641. The Bertz CT molecular complexity index is 387. The van der Waals surface area contributed by atoms with Crippen molar-refractivity contribution in [3.63, 3.8) is 0 Å². The molecular weight excluding hydrogens is 169 g/mol. The smallest absolute Gasteiger partial charge is 0.258 e. The molecule has 1 aliphatic heterocycles. The van der Waals surface area contributed by atoms with Crippen LogP contribution >= 0.6 is 0 Å². The zero-order chi connectivity index (χ0) is 9.42. The molecule has 1 aromatic rings. The van der Waals surface area contributed by atoms with E-state index in [1.165, 1.54) is 23.2 Å². The lowest BCUT2D eigenvalue weighted by molar-refractivity contribution is 0.0842. The molecule has 1 aliphatic rings. The summed E-state index contributed by atoms with van der Waals surface area (Å²) < 4.78 is 12.8. The number of hydrogen-bond donors (Lipinski definition) is 0. The number of carbonyl (C=O) groups is 1. The highest BCUT2D eigenvalue weighted by molar-refractivity contribution is 5.98. The molecule has 2 nitrogen and oxygen atoms in total. The zero-order valence-electron chi connectivity index (χ0n) is 6.96. The molecule has 1 amide bonds. The maximum atomic E-state index is 12.8. The topological polar surface area (TPSA) is 20.3 Å². The molecule has 0 radical (unpaired) electrons. The van der Waals surface area contributed by atoms with E-state index in [1.54, 1.807) is 6.07 Å². The van der Waals surface area contributed by atoms with Gasteiger partial charge < -0.3 is 4.90 Å². The highest BCUT2D eigenvalue weighted by atomic mass is 19.1. The van der Waals surface area contributed by atoms with Crippen molar-refractivity contribution in [2.24, 2.45) is 0 Å². The van der Waals surface area contributed by atoms with Crippen molar-refractivity contribution in [1.29, 1.82) is 0 Å². The third-order valence-electron chi connectivity index (χ3n) is 2.12. The van der Waals surface area contributed by atoms with E-state index >= 15 is 0 Å². The van der Waals surface area contributed by atoms with Crippen LogP contribution in [0, 0.1) is 5.82 Å². The largest absolute Gasteiger partial charge is 0.311 e. The van der Waals surface area contributed by atoms with Crippen molar-refractivity contribution in [3.8, 4) is 0 Å². The van der Waals surface area contributed by atoms with Crippen LogP contribution in [0.3, 0.4) is 0 Å². The minimum absolute atomic E-state index is 0.176. The first-order chi connectivity index (χ1) is 6.22. The van der Waals surface area contributed by atoms with E-state index < -0.39 is 0 Å². The van der Waals surface area contributed by atoms with Crippen LogP contribution in [0.5, 0.6) is 0 Å². The highest BCUT2D eigenvalue weighted by Crippen LogP contribution is 2.23. The van der Waals surface area contributed by atoms with Crippen LogP contribution in [0.25, 0.3) is 0 Å². The minimum Gasteiger partial charge on any atom is -0.311 e. The van der Waals surface area contributed by atoms with Crippen LogP contribution in [0.4, 0.5) is 4.39 Å². The highest BCUT2D eigenvalue weighted by Gasteiger charge is 2.25. The second-order valence-electron chi connectivity index (χ2n) is 2.92. The lowest BCUT2D eigenvalue weighted by atomic mass is 10.1. The molecule has 0 saturated heterocycles. The fourth-order valence-electron chi connectivity index (χ4n) is 1.44. The standard InChI is InChI=1S/C10H8FNO/c1-2-12-6-7-3-4-8(11)5-9(7)10(12)13/h2-5H,1,6H2. The van der Waals surface area contributed by atoms with E-state index in [0.29, 0.717) is 12.1 Å². The second kappa shape index (κ2) is 2.69.